The molecule has 0 aliphatic carbocycles. The number of thioether (sulfide) groups is 1. The molecule has 2 aromatic carbocycles. The minimum Gasteiger partial charge on any atom is -0.383 e. The molecule has 0 aliphatic rings. The first-order valence-corrected chi connectivity index (χ1v) is 7.78. The maximum Gasteiger partial charge on any atom is 0.111 e. The van der Waals surface area contributed by atoms with Gasteiger partial charge in [-0.15, -0.1) is 11.8 Å². The van der Waals surface area contributed by atoms with E-state index in [1.54, 1.807) is 11.8 Å². The molecule has 0 saturated carbocycles. The standard InChI is InChI=1S/C15H16BrNOS/c16-13-7-4-8-14(9-13)19-11-15(18,10-17)12-5-2-1-3-6-12/h1-9,18H,10-11,17H2. The molecule has 0 aliphatic heterocycles. The summed E-state index contributed by atoms with van der Waals surface area (Å²) in [6.45, 7) is 0.206. The van der Waals surface area contributed by atoms with E-state index < -0.39 is 5.60 Å². The van der Waals surface area contributed by atoms with Gasteiger partial charge in [-0.2, -0.15) is 0 Å². The number of aliphatic hydroxyl groups is 1. The number of hydrogen-bond donors (Lipinski definition) is 2. The Bertz CT molecular complexity index is 535. The van der Waals surface area contributed by atoms with Crippen molar-refractivity contribution >= 4 is 27.7 Å². The molecule has 0 bridgehead atoms. The molecule has 0 heterocycles. The normalized spacial score (nSPS) is 14.1. The number of benzene rings is 2. The maximum atomic E-state index is 10.7. The molecule has 3 N–H and O–H groups in total. The van der Waals surface area contributed by atoms with Gasteiger partial charge < -0.3 is 10.8 Å². The second-order valence-corrected chi connectivity index (χ2v) is 6.31. The Hall–Kier alpha value is -0.810. The van der Waals surface area contributed by atoms with Gasteiger partial charge in [0.05, 0.1) is 0 Å². The molecule has 0 radical (unpaired) electrons. The SMILES string of the molecule is NCC(O)(CSc1cccc(Br)c1)c1ccccc1. The van der Waals surface area contributed by atoms with Crippen LogP contribution in [0.2, 0.25) is 0 Å². The van der Waals surface area contributed by atoms with E-state index >= 15 is 0 Å². The summed E-state index contributed by atoms with van der Waals surface area (Å²) in [5.74, 6) is 0.532. The molecule has 100 valence electrons. The van der Waals surface area contributed by atoms with Crippen LogP contribution in [0.4, 0.5) is 0 Å². The lowest BCUT2D eigenvalue weighted by Crippen LogP contribution is -2.37. The fourth-order valence-electron chi connectivity index (χ4n) is 1.77. The zero-order chi connectivity index (χ0) is 13.7. The van der Waals surface area contributed by atoms with Crippen molar-refractivity contribution in [2.24, 2.45) is 5.73 Å². The zero-order valence-corrected chi connectivity index (χ0v) is 12.8. The van der Waals surface area contributed by atoms with Gasteiger partial charge in [-0.3, -0.25) is 0 Å². The highest BCUT2D eigenvalue weighted by Gasteiger charge is 2.27. The van der Waals surface area contributed by atoms with E-state index in [-0.39, 0.29) is 6.54 Å². The first-order chi connectivity index (χ1) is 9.14. The van der Waals surface area contributed by atoms with Crippen molar-refractivity contribution in [1.29, 1.82) is 0 Å². The van der Waals surface area contributed by atoms with Gasteiger partial charge in [-0.1, -0.05) is 52.3 Å². The number of halogens is 1. The minimum absolute atomic E-state index is 0.206. The first-order valence-electron chi connectivity index (χ1n) is 6.00. The van der Waals surface area contributed by atoms with Crippen LogP contribution in [0.5, 0.6) is 0 Å². The van der Waals surface area contributed by atoms with Crippen LogP contribution < -0.4 is 5.73 Å². The average molecular weight is 338 g/mol. The van der Waals surface area contributed by atoms with E-state index in [4.69, 9.17) is 5.73 Å². The molecule has 0 aromatic heterocycles. The van der Waals surface area contributed by atoms with Gasteiger partial charge in [0, 0.05) is 21.7 Å². The van der Waals surface area contributed by atoms with Crippen molar-refractivity contribution in [3.63, 3.8) is 0 Å². The molecule has 1 atom stereocenters. The number of rotatable bonds is 5. The van der Waals surface area contributed by atoms with E-state index in [1.165, 1.54) is 0 Å². The van der Waals surface area contributed by atoms with Gasteiger partial charge in [-0.05, 0) is 23.8 Å². The van der Waals surface area contributed by atoms with Crippen molar-refractivity contribution in [3.05, 3.63) is 64.6 Å². The molecule has 2 rings (SSSR count). The molecule has 4 heteroatoms. The van der Waals surface area contributed by atoms with Gasteiger partial charge in [0.15, 0.2) is 0 Å². The Labute approximate surface area is 126 Å². The molecular weight excluding hydrogens is 322 g/mol. The van der Waals surface area contributed by atoms with Crippen LogP contribution in [-0.4, -0.2) is 17.4 Å². The molecule has 0 spiro atoms. The highest BCUT2D eigenvalue weighted by molar-refractivity contribution is 9.10. The van der Waals surface area contributed by atoms with Crippen LogP contribution in [0, 0.1) is 0 Å². The van der Waals surface area contributed by atoms with Crippen LogP contribution in [0.15, 0.2) is 64.0 Å². The third kappa shape index (κ3) is 3.83. The van der Waals surface area contributed by atoms with Crippen LogP contribution >= 0.6 is 27.7 Å². The van der Waals surface area contributed by atoms with Crippen molar-refractivity contribution in [2.45, 2.75) is 10.5 Å². The van der Waals surface area contributed by atoms with E-state index in [2.05, 4.69) is 15.9 Å². The number of hydrogen-bond acceptors (Lipinski definition) is 3. The van der Waals surface area contributed by atoms with Gasteiger partial charge >= 0.3 is 0 Å². The third-order valence-corrected chi connectivity index (χ3v) is 4.62. The molecule has 2 nitrogen and oxygen atoms in total. The van der Waals surface area contributed by atoms with Gasteiger partial charge in [-0.25, -0.2) is 0 Å². The predicted octanol–water partition coefficient (Wildman–Crippen LogP) is 3.39. The Morgan fingerprint density at radius 3 is 2.47 bits per heavy atom. The largest absolute Gasteiger partial charge is 0.383 e. The highest BCUT2D eigenvalue weighted by atomic mass is 79.9. The molecule has 1 unspecified atom stereocenters. The van der Waals surface area contributed by atoms with Gasteiger partial charge in [0.2, 0.25) is 0 Å². The van der Waals surface area contributed by atoms with Gasteiger partial charge in [0.1, 0.15) is 5.60 Å². The second kappa shape index (κ2) is 6.57. The second-order valence-electron chi connectivity index (χ2n) is 4.35. The lowest BCUT2D eigenvalue weighted by molar-refractivity contribution is 0.0721. The lowest BCUT2D eigenvalue weighted by atomic mass is 9.96. The molecule has 0 saturated heterocycles. The molecule has 0 amide bonds. The Kier molecular flexibility index (Phi) is 5.05. The van der Waals surface area contributed by atoms with E-state index in [0.717, 1.165) is 14.9 Å². The third-order valence-electron chi connectivity index (χ3n) is 2.92. The van der Waals surface area contributed by atoms with Crippen LogP contribution in [0.1, 0.15) is 5.56 Å². The minimum atomic E-state index is -0.992. The number of nitrogens with two attached hydrogens (primary N) is 1. The monoisotopic (exact) mass is 337 g/mol. The Balaban J connectivity index is 2.11. The van der Waals surface area contributed by atoms with Crippen molar-refractivity contribution < 1.29 is 5.11 Å². The summed E-state index contributed by atoms with van der Waals surface area (Å²) in [7, 11) is 0. The van der Waals surface area contributed by atoms with E-state index in [1.807, 2.05) is 54.6 Å². The summed E-state index contributed by atoms with van der Waals surface area (Å²) in [6.07, 6.45) is 0. The Morgan fingerprint density at radius 2 is 1.84 bits per heavy atom. The van der Waals surface area contributed by atoms with Gasteiger partial charge in [0.25, 0.3) is 0 Å². The molecule has 2 aromatic rings. The average Bonchev–Trinajstić information content (AvgIpc) is 2.46. The summed E-state index contributed by atoms with van der Waals surface area (Å²) in [5, 5.41) is 10.7. The van der Waals surface area contributed by atoms with E-state index in [0.29, 0.717) is 5.75 Å². The summed E-state index contributed by atoms with van der Waals surface area (Å²) in [4.78, 5) is 1.11. The zero-order valence-electron chi connectivity index (χ0n) is 10.4. The van der Waals surface area contributed by atoms with Crippen LogP contribution in [0.25, 0.3) is 0 Å². The molecular formula is C15H16BrNOS. The topological polar surface area (TPSA) is 46.2 Å². The summed E-state index contributed by atoms with van der Waals surface area (Å²) in [6, 6.07) is 17.6. The van der Waals surface area contributed by atoms with Crippen molar-refractivity contribution in [2.75, 3.05) is 12.3 Å². The highest BCUT2D eigenvalue weighted by Crippen LogP contribution is 2.30. The first kappa shape index (κ1) is 14.6. The summed E-state index contributed by atoms with van der Waals surface area (Å²) < 4.78 is 1.04. The summed E-state index contributed by atoms with van der Waals surface area (Å²) >= 11 is 5.04. The fraction of sp³-hybridized carbons (Fsp3) is 0.200. The quantitative estimate of drug-likeness (QED) is 0.822. The van der Waals surface area contributed by atoms with Crippen LogP contribution in [-0.2, 0) is 5.60 Å². The molecule has 19 heavy (non-hydrogen) atoms. The molecule has 0 fully saturated rings. The van der Waals surface area contributed by atoms with Crippen molar-refractivity contribution in [1.82, 2.24) is 0 Å². The lowest BCUT2D eigenvalue weighted by Gasteiger charge is -2.26. The van der Waals surface area contributed by atoms with Crippen LogP contribution in [0.3, 0.4) is 0 Å². The maximum absolute atomic E-state index is 10.7. The smallest absolute Gasteiger partial charge is 0.111 e. The predicted molar refractivity (Wildman–Crippen MR) is 84.3 cm³/mol. The Morgan fingerprint density at radius 1 is 1.11 bits per heavy atom. The van der Waals surface area contributed by atoms with Crippen molar-refractivity contribution in [3.8, 4) is 0 Å². The summed E-state index contributed by atoms with van der Waals surface area (Å²) in [5.41, 5.74) is 5.63. The van der Waals surface area contributed by atoms with E-state index in [9.17, 15) is 5.11 Å². The fourth-order valence-corrected chi connectivity index (χ4v) is 3.39.